The van der Waals surface area contributed by atoms with Crippen molar-refractivity contribution in [3.05, 3.63) is 16.6 Å². The fraction of sp³-hybridized carbons (Fsp3) is 0.786. The molecule has 0 atom stereocenters. The molecule has 0 unspecified atom stereocenters. The normalized spacial score (nSPS) is 18.1. The number of likely N-dealkylation sites (N-methyl/N-ethyl adjacent to an activating group) is 1. The van der Waals surface area contributed by atoms with Crippen molar-refractivity contribution in [2.24, 2.45) is 0 Å². The van der Waals surface area contributed by atoms with E-state index < -0.39 is 0 Å². The summed E-state index contributed by atoms with van der Waals surface area (Å²) in [6.45, 7) is 3.18. The molecule has 0 aliphatic heterocycles. The first kappa shape index (κ1) is 14.0. The van der Waals surface area contributed by atoms with E-state index in [-0.39, 0.29) is 0 Å². The third-order valence-corrected chi connectivity index (χ3v) is 4.33. The molecule has 1 N–H and O–H groups in total. The molecule has 1 heterocycles. The largest absolute Gasteiger partial charge is 0.313 e. The molecule has 1 saturated carbocycles. The van der Waals surface area contributed by atoms with Crippen molar-refractivity contribution >= 4 is 11.3 Å². The van der Waals surface area contributed by atoms with Gasteiger partial charge in [-0.05, 0) is 19.9 Å². The summed E-state index contributed by atoms with van der Waals surface area (Å²) < 4.78 is 0. The van der Waals surface area contributed by atoms with Crippen molar-refractivity contribution < 1.29 is 0 Å². The molecule has 1 fully saturated rings. The molecule has 1 aromatic rings. The fourth-order valence-corrected chi connectivity index (χ4v) is 3.16. The van der Waals surface area contributed by atoms with Crippen LogP contribution in [0.1, 0.15) is 44.2 Å². The maximum absolute atomic E-state index is 4.32. The van der Waals surface area contributed by atoms with Gasteiger partial charge in [0.2, 0.25) is 0 Å². The van der Waals surface area contributed by atoms with Crippen LogP contribution in [0, 0.1) is 0 Å². The van der Waals surface area contributed by atoms with E-state index in [1.54, 1.807) is 11.3 Å². The molecule has 0 amide bonds. The van der Waals surface area contributed by atoms with Crippen LogP contribution in [0.15, 0.2) is 10.9 Å². The second kappa shape index (κ2) is 7.87. The smallest absolute Gasteiger partial charge is 0.0795 e. The first-order chi connectivity index (χ1) is 8.84. The zero-order chi connectivity index (χ0) is 12.6. The van der Waals surface area contributed by atoms with Gasteiger partial charge in [-0.2, -0.15) is 0 Å². The summed E-state index contributed by atoms with van der Waals surface area (Å²) in [4.78, 5) is 6.67. The highest BCUT2D eigenvalue weighted by Gasteiger charge is 2.11. The Bertz CT molecular complexity index is 305. The molecule has 3 nitrogen and oxygen atoms in total. The van der Waals surface area contributed by atoms with Crippen LogP contribution in [0.2, 0.25) is 0 Å². The molecule has 0 bridgehead atoms. The minimum Gasteiger partial charge on any atom is -0.313 e. The van der Waals surface area contributed by atoms with E-state index in [0.29, 0.717) is 0 Å². The van der Waals surface area contributed by atoms with Crippen molar-refractivity contribution in [1.29, 1.82) is 0 Å². The molecule has 0 aromatic carbocycles. The lowest BCUT2D eigenvalue weighted by molar-refractivity contribution is 0.309. The lowest BCUT2D eigenvalue weighted by Gasteiger charge is -2.20. The Hall–Kier alpha value is -0.450. The molecule has 102 valence electrons. The van der Waals surface area contributed by atoms with E-state index in [0.717, 1.165) is 25.7 Å². The average Bonchev–Trinajstić information content (AvgIpc) is 2.72. The summed E-state index contributed by atoms with van der Waals surface area (Å²) in [5, 5.41) is 5.85. The Morgan fingerprint density at radius 1 is 1.33 bits per heavy atom. The van der Waals surface area contributed by atoms with Gasteiger partial charge in [-0.3, -0.25) is 4.90 Å². The summed E-state index contributed by atoms with van der Waals surface area (Å²) in [7, 11) is 2.17. The molecular weight excluding hydrogens is 242 g/mol. The molecule has 1 aliphatic carbocycles. The van der Waals surface area contributed by atoms with Crippen LogP contribution in [0.25, 0.3) is 0 Å². The van der Waals surface area contributed by atoms with Crippen molar-refractivity contribution in [2.45, 2.75) is 51.1 Å². The maximum Gasteiger partial charge on any atom is 0.0795 e. The van der Waals surface area contributed by atoms with Gasteiger partial charge in [0.05, 0.1) is 11.2 Å². The number of aromatic nitrogens is 1. The number of thiazole rings is 1. The molecule has 0 saturated heterocycles. The van der Waals surface area contributed by atoms with Gasteiger partial charge in [-0.25, -0.2) is 4.98 Å². The van der Waals surface area contributed by atoms with Crippen LogP contribution in [0.4, 0.5) is 0 Å². The van der Waals surface area contributed by atoms with Crippen molar-refractivity contribution in [2.75, 3.05) is 20.1 Å². The average molecular weight is 267 g/mol. The zero-order valence-corrected chi connectivity index (χ0v) is 12.2. The third kappa shape index (κ3) is 5.04. The maximum atomic E-state index is 4.32. The van der Waals surface area contributed by atoms with Crippen LogP contribution < -0.4 is 5.32 Å². The molecule has 4 heteroatoms. The summed E-state index contributed by atoms with van der Waals surface area (Å²) in [5.74, 6) is 0. The van der Waals surface area contributed by atoms with Gasteiger partial charge in [0.1, 0.15) is 0 Å². The molecule has 0 spiro atoms. The summed E-state index contributed by atoms with van der Waals surface area (Å²) in [5.41, 5.74) is 3.10. The highest BCUT2D eigenvalue weighted by atomic mass is 32.1. The monoisotopic (exact) mass is 267 g/mol. The van der Waals surface area contributed by atoms with E-state index in [1.165, 1.54) is 44.2 Å². The third-order valence-electron chi connectivity index (χ3n) is 3.70. The Morgan fingerprint density at radius 3 is 2.78 bits per heavy atom. The van der Waals surface area contributed by atoms with Gasteiger partial charge in [0, 0.05) is 31.1 Å². The molecule has 2 rings (SSSR count). The Labute approximate surface area is 115 Å². The van der Waals surface area contributed by atoms with Crippen LogP contribution >= 0.6 is 11.3 Å². The lowest BCUT2D eigenvalue weighted by atomic mass is 10.1. The summed E-state index contributed by atoms with van der Waals surface area (Å²) >= 11 is 1.68. The van der Waals surface area contributed by atoms with Crippen LogP contribution in [-0.2, 0) is 6.54 Å². The zero-order valence-electron chi connectivity index (χ0n) is 11.4. The predicted octanol–water partition coefficient (Wildman–Crippen LogP) is 2.89. The highest BCUT2D eigenvalue weighted by molar-refractivity contribution is 7.07. The van der Waals surface area contributed by atoms with Crippen molar-refractivity contribution in [3.63, 3.8) is 0 Å². The number of rotatable bonds is 6. The lowest BCUT2D eigenvalue weighted by Crippen LogP contribution is -2.35. The molecule has 0 radical (unpaired) electrons. The number of hydrogen-bond acceptors (Lipinski definition) is 4. The standard InChI is InChI=1S/C14H25N3S/c1-17(10-14-11-18-12-16-14)9-8-15-13-6-4-2-3-5-7-13/h11-13,15H,2-10H2,1H3. The first-order valence-electron chi connectivity index (χ1n) is 7.13. The molecule has 18 heavy (non-hydrogen) atoms. The van der Waals surface area contributed by atoms with Crippen molar-refractivity contribution in [1.82, 2.24) is 15.2 Å². The summed E-state index contributed by atoms with van der Waals surface area (Å²) in [6.07, 6.45) is 8.42. The topological polar surface area (TPSA) is 28.2 Å². The fourth-order valence-electron chi connectivity index (χ4n) is 2.61. The number of nitrogens with one attached hydrogen (secondary N) is 1. The molecule has 1 aliphatic rings. The van der Waals surface area contributed by atoms with Gasteiger partial charge >= 0.3 is 0 Å². The SMILES string of the molecule is CN(CCNC1CCCCCC1)Cc1cscn1. The van der Waals surface area contributed by atoms with Crippen molar-refractivity contribution in [3.8, 4) is 0 Å². The summed E-state index contributed by atoms with van der Waals surface area (Å²) in [6, 6.07) is 0.764. The van der Waals surface area contributed by atoms with Gasteiger partial charge in [-0.1, -0.05) is 25.7 Å². The van der Waals surface area contributed by atoms with E-state index in [1.807, 2.05) is 5.51 Å². The molecule has 1 aromatic heterocycles. The van der Waals surface area contributed by atoms with Crippen LogP contribution in [0.5, 0.6) is 0 Å². The second-order valence-corrected chi connectivity index (χ2v) is 6.08. The predicted molar refractivity (Wildman–Crippen MR) is 77.9 cm³/mol. The Morgan fingerprint density at radius 2 is 2.11 bits per heavy atom. The van der Waals surface area contributed by atoms with Gasteiger partial charge in [0.25, 0.3) is 0 Å². The second-order valence-electron chi connectivity index (χ2n) is 5.36. The molecular formula is C14H25N3S. The van der Waals surface area contributed by atoms with E-state index in [9.17, 15) is 0 Å². The van der Waals surface area contributed by atoms with Gasteiger partial charge < -0.3 is 5.32 Å². The number of hydrogen-bond donors (Lipinski definition) is 1. The van der Waals surface area contributed by atoms with Gasteiger partial charge in [-0.15, -0.1) is 11.3 Å². The van der Waals surface area contributed by atoms with E-state index in [2.05, 4.69) is 27.6 Å². The van der Waals surface area contributed by atoms with Crippen LogP contribution in [0.3, 0.4) is 0 Å². The van der Waals surface area contributed by atoms with E-state index >= 15 is 0 Å². The van der Waals surface area contributed by atoms with E-state index in [4.69, 9.17) is 0 Å². The first-order valence-corrected chi connectivity index (χ1v) is 8.08. The number of nitrogens with zero attached hydrogens (tertiary/aromatic N) is 2. The Kier molecular flexibility index (Phi) is 6.11. The minimum absolute atomic E-state index is 0.764. The van der Waals surface area contributed by atoms with Gasteiger partial charge in [0.15, 0.2) is 0 Å². The highest BCUT2D eigenvalue weighted by Crippen LogP contribution is 2.16. The minimum atomic E-state index is 0.764. The van der Waals surface area contributed by atoms with Crippen LogP contribution in [-0.4, -0.2) is 36.1 Å². The Balaban J connectivity index is 1.59. The quantitative estimate of drug-likeness (QED) is 0.803.